The fourth-order valence-electron chi connectivity index (χ4n) is 2.92. The molecule has 0 bridgehead atoms. The van der Waals surface area contributed by atoms with Crippen molar-refractivity contribution in [3.63, 3.8) is 0 Å². The van der Waals surface area contributed by atoms with Crippen LogP contribution in [-0.2, 0) is 5.41 Å². The van der Waals surface area contributed by atoms with Crippen LogP contribution in [-0.4, -0.2) is 12.3 Å². The maximum Gasteiger partial charge on any atom is 0.135 e. The monoisotopic (exact) mass is 221 g/mol. The van der Waals surface area contributed by atoms with Gasteiger partial charge in [0.1, 0.15) is 11.9 Å². The third kappa shape index (κ3) is 0.978. The average Bonchev–Trinajstić information content (AvgIpc) is 2.71. The van der Waals surface area contributed by atoms with Gasteiger partial charge in [-0.05, 0) is 23.8 Å². The molecule has 82 valence electrons. The maximum absolute atomic E-state index is 6.03. The van der Waals surface area contributed by atoms with Gasteiger partial charge in [0.25, 0.3) is 0 Å². The van der Waals surface area contributed by atoms with Gasteiger partial charge in [-0.1, -0.05) is 30.4 Å². The van der Waals surface area contributed by atoms with Crippen LogP contribution in [0.3, 0.4) is 0 Å². The molecule has 0 aromatic heterocycles. The molecule has 17 heavy (non-hydrogen) atoms. The van der Waals surface area contributed by atoms with Crippen molar-refractivity contribution >= 4 is 6.21 Å². The van der Waals surface area contributed by atoms with E-state index in [9.17, 15) is 0 Å². The Morgan fingerprint density at radius 3 is 3.18 bits per heavy atom. The van der Waals surface area contributed by atoms with Gasteiger partial charge in [-0.15, -0.1) is 0 Å². The summed E-state index contributed by atoms with van der Waals surface area (Å²) in [6, 6.07) is 8.26. The molecule has 0 saturated heterocycles. The number of hydrogen-bond acceptors (Lipinski definition) is 2. The van der Waals surface area contributed by atoms with Gasteiger partial charge in [0, 0.05) is 18.0 Å². The highest BCUT2D eigenvalue weighted by atomic mass is 16.5. The smallest absolute Gasteiger partial charge is 0.135 e. The Balaban J connectivity index is 2.04. The second kappa shape index (κ2) is 2.98. The Bertz CT molecular complexity index is 609. The van der Waals surface area contributed by atoms with Crippen molar-refractivity contribution in [3.05, 3.63) is 65.9 Å². The molecule has 2 atom stereocenters. The largest absolute Gasteiger partial charge is 0.484 e. The Labute approximate surface area is 99.6 Å². The van der Waals surface area contributed by atoms with Crippen LogP contribution in [0.2, 0.25) is 0 Å². The molecule has 1 spiro atoms. The summed E-state index contributed by atoms with van der Waals surface area (Å²) in [5.41, 5.74) is 2.29. The summed E-state index contributed by atoms with van der Waals surface area (Å²) >= 11 is 0. The van der Waals surface area contributed by atoms with Crippen LogP contribution in [0.5, 0.6) is 5.75 Å². The SMILES string of the molecule is C1=CC2Oc3ccccc3C23C=CN=CC3=C1. The standard InChI is InChI=1S/C15H11NO/c1-2-6-13-12(5-1)15-8-9-16-10-11(15)4-3-7-14(15)17-13/h1-10,14H. The number of para-hydroxylation sites is 1. The van der Waals surface area contributed by atoms with E-state index in [1.165, 1.54) is 11.1 Å². The third-order valence-electron chi connectivity index (χ3n) is 3.71. The third-order valence-corrected chi connectivity index (χ3v) is 3.71. The first kappa shape index (κ1) is 8.99. The van der Waals surface area contributed by atoms with E-state index in [1.807, 2.05) is 24.5 Å². The van der Waals surface area contributed by atoms with Gasteiger partial charge in [-0.3, -0.25) is 4.99 Å². The topological polar surface area (TPSA) is 21.6 Å². The minimum Gasteiger partial charge on any atom is -0.484 e. The lowest BCUT2D eigenvalue weighted by molar-refractivity contribution is 0.238. The van der Waals surface area contributed by atoms with Gasteiger partial charge in [0.15, 0.2) is 0 Å². The predicted octanol–water partition coefficient (Wildman–Crippen LogP) is 2.78. The van der Waals surface area contributed by atoms with Crippen LogP contribution in [0.1, 0.15) is 5.56 Å². The normalized spacial score (nSPS) is 31.3. The number of hydrogen-bond donors (Lipinski definition) is 0. The first-order valence-electron chi connectivity index (χ1n) is 5.77. The van der Waals surface area contributed by atoms with Crippen molar-refractivity contribution < 1.29 is 4.74 Å². The highest BCUT2D eigenvalue weighted by Gasteiger charge is 2.49. The fourth-order valence-corrected chi connectivity index (χ4v) is 2.92. The zero-order valence-corrected chi connectivity index (χ0v) is 9.21. The number of benzene rings is 1. The zero-order chi connectivity index (χ0) is 11.3. The molecule has 1 aliphatic carbocycles. The van der Waals surface area contributed by atoms with E-state index in [1.54, 1.807) is 0 Å². The summed E-state index contributed by atoms with van der Waals surface area (Å²) in [5.74, 6) is 0.981. The van der Waals surface area contributed by atoms with Crippen molar-refractivity contribution in [1.82, 2.24) is 0 Å². The van der Waals surface area contributed by atoms with E-state index in [2.05, 4.69) is 41.4 Å². The summed E-state index contributed by atoms with van der Waals surface area (Å²) in [5, 5.41) is 0. The summed E-state index contributed by atoms with van der Waals surface area (Å²) < 4.78 is 6.03. The first-order valence-corrected chi connectivity index (χ1v) is 5.77. The molecule has 2 nitrogen and oxygen atoms in total. The summed E-state index contributed by atoms with van der Waals surface area (Å²) in [6.07, 6.45) is 12.3. The Kier molecular flexibility index (Phi) is 1.57. The van der Waals surface area contributed by atoms with Crippen LogP contribution in [0.25, 0.3) is 0 Å². The molecule has 0 radical (unpaired) electrons. The molecule has 0 fully saturated rings. The number of aliphatic imine (C=N–C) groups is 1. The van der Waals surface area contributed by atoms with E-state index in [0.29, 0.717) is 0 Å². The molecule has 2 unspecified atom stereocenters. The van der Waals surface area contributed by atoms with Gasteiger partial charge < -0.3 is 4.74 Å². The molecule has 1 aromatic rings. The quantitative estimate of drug-likeness (QED) is 0.660. The molecule has 1 aromatic carbocycles. The molecule has 0 saturated carbocycles. The second-order valence-corrected chi connectivity index (χ2v) is 4.50. The van der Waals surface area contributed by atoms with Crippen LogP contribution in [0, 0.1) is 0 Å². The number of allylic oxidation sites excluding steroid dienone is 2. The van der Waals surface area contributed by atoms with Gasteiger partial charge >= 0.3 is 0 Å². The number of nitrogens with zero attached hydrogens (tertiary/aromatic N) is 1. The molecule has 2 aliphatic heterocycles. The van der Waals surface area contributed by atoms with Crippen molar-refractivity contribution in [2.45, 2.75) is 11.5 Å². The van der Waals surface area contributed by atoms with Gasteiger partial charge in [0.05, 0.1) is 5.41 Å². The number of ether oxygens (including phenoxy) is 1. The molecule has 0 N–H and O–H groups in total. The zero-order valence-electron chi connectivity index (χ0n) is 9.21. The minimum absolute atomic E-state index is 0.0582. The van der Waals surface area contributed by atoms with Crippen LogP contribution in [0.4, 0.5) is 0 Å². The Hall–Kier alpha value is -2.09. The highest BCUT2D eigenvalue weighted by Crippen LogP contribution is 2.50. The van der Waals surface area contributed by atoms with E-state index < -0.39 is 0 Å². The second-order valence-electron chi connectivity index (χ2n) is 4.50. The first-order chi connectivity index (χ1) is 8.41. The van der Waals surface area contributed by atoms with E-state index >= 15 is 0 Å². The van der Waals surface area contributed by atoms with Gasteiger partial charge in [-0.2, -0.15) is 0 Å². The highest BCUT2D eigenvalue weighted by molar-refractivity contribution is 5.88. The summed E-state index contributed by atoms with van der Waals surface area (Å²) in [7, 11) is 0. The minimum atomic E-state index is -0.160. The molecule has 3 aliphatic rings. The maximum atomic E-state index is 6.03. The fraction of sp³-hybridized carbons (Fsp3) is 0.133. The molecule has 0 amide bonds. The van der Waals surface area contributed by atoms with Crippen molar-refractivity contribution in [3.8, 4) is 5.75 Å². The van der Waals surface area contributed by atoms with E-state index in [4.69, 9.17) is 4.74 Å². The van der Waals surface area contributed by atoms with Crippen molar-refractivity contribution in [1.29, 1.82) is 0 Å². The Morgan fingerprint density at radius 1 is 1.24 bits per heavy atom. The molecule has 2 heterocycles. The van der Waals surface area contributed by atoms with Gasteiger partial charge in [-0.25, -0.2) is 0 Å². The van der Waals surface area contributed by atoms with Crippen LogP contribution < -0.4 is 4.74 Å². The average molecular weight is 221 g/mol. The van der Waals surface area contributed by atoms with Gasteiger partial charge in [0.2, 0.25) is 0 Å². The lowest BCUT2D eigenvalue weighted by atomic mass is 9.69. The Morgan fingerprint density at radius 2 is 2.18 bits per heavy atom. The lowest BCUT2D eigenvalue weighted by Gasteiger charge is -2.34. The summed E-state index contributed by atoms with van der Waals surface area (Å²) in [6.45, 7) is 0. The van der Waals surface area contributed by atoms with Crippen LogP contribution >= 0.6 is 0 Å². The molecule has 2 heteroatoms. The van der Waals surface area contributed by atoms with Crippen molar-refractivity contribution in [2.24, 2.45) is 4.99 Å². The number of rotatable bonds is 0. The molecular formula is C15H11NO. The number of fused-ring (bicyclic) bond motifs is 1. The van der Waals surface area contributed by atoms with Crippen molar-refractivity contribution in [2.75, 3.05) is 0 Å². The summed E-state index contributed by atoms with van der Waals surface area (Å²) in [4.78, 5) is 4.23. The molecular weight excluding hydrogens is 210 g/mol. The van der Waals surface area contributed by atoms with Crippen LogP contribution in [0.15, 0.2) is 65.3 Å². The van der Waals surface area contributed by atoms with E-state index in [-0.39, 0.29) is 11.5 Å². The van der Waals surface area contributed by atoms with E-state index in [0.717, 1.165) is 5.75 Å². The predicted molar refractivity (Wildman–Crippen MR) is 67.4 cm³/mol. The molecule has 4 rings (SSSR count). The lowest BCUT2D eigenvalue weighted by Crippen LogP contribution is -2.39.